The van der Waals surface area contributed by atoms with Crippen molar-refractivity contribution in [3.63, 3.8) is 0 Å². The molecule has 6 heteroatoms. The molecule has 2 N–H and O–H groups in total. The minimum Gasteiger partial charge on any atom is -0.491 e. The molecular weight excluding hydrogens is 230 g/mol. The summed E-state index contributed by atoms with van der Waals surface area (Å²) in [6, 6.07) is 4.00. The van der Waals surface area contributed by atoms with Crippen LogP contribution in [-0.2, 0) is 0 Å². The monoisotopic (exact) mass is 240 g/mol. The summed E-state index contributed by atoms with van der Waals surface area (Å²) >= 11 is 0. The van der Waals surface area contributed by atoms with Gasteiger partial charge in [0.05, 0.1) is 12.2 Å². The van der Waals surface area contributed by atoms with Crippen molar-refractivity contribution in [1.29, 1.82) is 0 Å². The lowest BCUT2D eigenvalue weighted by molar-refractivity contribution is 0.314. The molecule has 90 valence electrons. The second-order valence-electron chi connectivity index (χ2n) is 3.29. The molecule has 2 aromatic rings. The number of benzene rings is 1. The molecule has 0 amide bonds. The highest BCUT2D eigenvalue weighted by Gasteiger charge is 2.18. The fourth-order valence-corrected chi connectivity index (χ4v) is 1.40. The Bertz CT molecular complexity index is 540. The van der Waals surface area contributed by atoms with Gasteiger partial charge in [-0.15, -0.1) is 0 Å². The molecule has 1 aromatic heterocycles. The van der Waals surface area contributed by atoms with Gasteiger partial charge < -0.3 is 15.0 Å². The Kier molecular flexibility index (Phi) is 2.95. The lowest BCUT2D eigenvalue weighted by Gasteiger charge is -2.06. The van der Waals surface area contributed by atoms with Crippen molar-refractivity contribution in [3.8, 4) is 17.1 Å². The van der Waals surface area contributed by atoms with E-state index in [2.05, 4.69) is 5.16 Å². The van der Waals surface area contributed by atoms with Gasteiger partial charge in [-0.25, -0.2) is 4.39 Å². The van der Waals surface area contributed by atoms with E-state index >= 15 is 0 Å². The van der Waals surface area contributed by atoms with Crippen LogP contribution in [0.2, 0.25) is 0 Å². The molecule has 0 unspecified atom stereocenters. The van der Waals surface area contributed by atoms with Gasteiger partial charge >= 0.3 is 0 Å². The Balaban J connectivity index is 2.47. The normalized spacial score (nSPS) is 10.5. The van der Waals surface area contributed by atoms with E-state index in [1.54, 1.807) is 6.92 Å². The smallest absolute Gasteiger partial charge is 0.201 e. The maximum Gasteiger partial charge on any atom is 0.201 e. The lowest BCUT2D eigenvalue weighted by Crippen LogP contribution is -1.98. The van der Waals surface area contributed by atoms with Crippen molar-refractivity contribution in [2.75, 3.05) is 12.3 Å². The molecule has 0 aliphatic rings. The van der Waals surface area contributed by atoms with Crippen LogP contribution in [0.3, 0.4) is 0 Å². The van der Waals surface area contributed by atoms with Crippen molar-refractivity contribution in [2.24, 2.45) is 0 Å². The number of hydrogen-bond donors (Lipinski definition) is 1. The summed E-state index contributed by atoms with van der Waals surface area (Å²) in [5.41, 5.74) is 5.29. The van der Waals surface area contributed by atoms with Crippen molar-refractivity contribution in [2.45, 2.75) is 6.92 Å². The average Bonchev–Trinajstić information content (AvgIpc) is 2.72. The van der Waals surface area contributed by atoms with Crippen LogP contribution >= 0.6 is 0 Å². The van der Waals surface area contributed by atoms with Crippen LogP contribution in [0.15, 0.2) is 22.7 Å². The molecule has 4 nitrogen and oxygen atoms in total. The van der Waals surface area contributed by atoms with Crippen molar-refractivity contribution >= 4 is 5.82 Å². The van der Waals surface area contributed by atoms with E-state index in [4.69, 9.17) is 15.0 Å². The maximum atomic E-state index is 13.7. The third-order valence-corrected chi connectivity index (χ3v) is 2.14. The molecule has 2 rings (SSSR count). The van der Waals surface area contributed by atoms with Gasteiger partial charge in [0, 0.05) is 6.07 Å². The van der Waals surface area contributed by atoms with Crippen LogP contribution < -0.4 is 10.5 Å². The second kappa shape index (κ2) is 4.40. The molecule has 1 aromatic carbocycles. The number of rotatable bonds is 3. The van der Waals surface area contributed by atoms with Crippen LogP contribution in [-0.4, -0.2) is 11.8 Å². The number of nitrogens with two attached hydrogens (primary N) is 1. The summed E-state index contributed by atoms with van der Waals surface area (Å²) in [6.45, 7) is 1.94. The average molecular weight is 240 g/mol. The highest BCUT2D eigenvalue weighted by molar-refractivity contribution is 5.62. The molecule has 0 saturated carbocycles. The van der Waals surface area contributed by atoms with Gasteiger partial charge in [0.2, 0.25) is 5.82 Å². The largest absolute Gasteiger partial charge is 0.491 e. The van der Waals surface area contributed by atoms with Gasteiger partial charge in [-0.3, -0.25) is 0 Å². The third kappa shape index (κ3) is 2.06. The number of nitrogens with zero attached hydrogens (tertiary/aromatic N) is 1. The van der Waals surface area contributed by atoms with E-state index in [-0.39, 0.29) is 29.5 Å². The quantitative estimate of drug-likeness (QED) is 0.895. The summed E-state index contributed by atoms with van der Waals surface area (Å²) in [5, 5.41) is 3.40. The highest BCUT2D eigenvalue weighted by atomic mass is 19.2. The summed E-state index contributed by atoms with van der Waals surface area (Å²) in [5.74, 6) is -2.07. The third-order valence-electron chi connectivity index (χ3n) is 2.14. The van der Waals surface area contributed by atoms with E-state index < -0.39 is 11.6 Å². The van der Waals surface area contributed by atoms with Crippen LogP contribution in [0.4, 0.5) is 14.6 Å². The SMILES string of the molecule is CCOc1ccc(-c2cc(N)no2)c(F)c1F. The number of hydrogen-bond acceptors (Lipinski definition) is 4. The van der Waals surface area contributed by atoms with Gasteiger partial charge in [-0.05, 0) is 19.1 Å². The fourth-order valence-electron chi connectivity index (χ4n) is 1.40. The topological polar surface area (TPSA) is 61.3 Å². The number of nitrogen functional groups attached to an aromatic ring is 1. The number of aromatic nitrogens is 1. The molecule has 0 spiro atoms. The molecule has 0 saturated heterocycles. The summed E-state index contributed by atoms with van der Waals surface area (Å²) in [7, 11) is 0. The predicted octanol–water partition coefficient (Wildman–Crippen LogP) is 2.60. The molecule has 0 fully saturated rings. The zero-order valence-corrected chi connectivity index (χ0v) is 9.04. The maximum absolute atomic E-state index is 13.7. The first kappa shape index (κ1) is 11.4. The van der Waals surface area contributed by atoms with Crippen LogP contribution in [0.25, 0.3) is 11.3 Å². The first-order chi connectivity index (χ1) is 8.13. The lowest BCUT2D eigenvalue weighted by atomic mass is 10.1. The molecular formula is C11H10F2N2O2. The number of halogens is 2. The first-order valence-electron chi connectivity index (χ1n) is 4.96. The van der Waals surface area contributed by atoms with Gasteiger partial charge in [0.25, 0.3) is 0 Å². The summed E-state index contributed by atoms with van der Waals surface area (Å²) < 4.78 is 36.9. The van der Waals surface area contributed by atoms with Crippen LogP contribution in [0.1, 0.15) is 6.92 Å². The molecule has 0 bridgehead atoms. The molecule has 0 aliphatic carbocycles. The Morgan fingerprint density at radius 2 is 2.12 bits per heavy atom. The van der Waals surface area contributed by atoms with Gasteiger partial charge in [-0.1, -0.05) is 5.16 Å². The van der Waals surface area contributed by atoms with Crippen molar-refractivity contribution in [3.05, 3.63) is 29.8 Å². The Morgan fingerprint density at radius 3 is 2.71 bits per heavy atom. The Labute approximate surface area is 96.0 Å². The second-order valence-corrected chi connectivity index (χ2v) is 3.29. The van der Waals surface area contributed by atoms with E-state index in [9.17, 15) is 8.78 Å². The van der Waals surface area contributed by atoms with Crippen LogP contribution in [0.5, 0.6) is 5.75 Å². The minimum atomic E-state index is -1.06. The van der Waals surface area contributed by atoms with Crippen molar-refractivity contribution < 1.29 is 18.0 Å². The van der Waals surface area contributed by atoms with Crippen molar-refractivity contribution in [1.82, 2.24) is 5.16 Å². The summed E-state index contributed by atoms with van der Waals surface area (Å²) in [6.07, 6.45) is 0. The first-order valence-corrected chi connectivity index (χ1v) is 4.96. The Hall–Kier alpha value is -2.11. The molecule has 0 radical (unpaired) electrons. The molecule has 0 aliphatic heterocycles. The Morgan fingerprint density at radius 1 is 1.35 bits per heavy atom. The van der Waals surface area contributed by atoms with Gasteiger partial charge in [0.1, 0.15) is 0 Å². The van der Waals surface area contributed by atoms with E-state index in [1.807, 2.05) is 0 Å². The molecule has 1 heterocycles. The number of ether oxygens (including phenoxy) is 1. The zero-order valence-electron chi connectivity index (χ0n) is 9.04. The van der Waals surface area contributed by atoms with Crippen LogP contribution in [0, 0.1) is 11.6 Å². The fraction of sp³-hybridized carbons (Fsp3) is 0.182. The summed E-state index contributed by atoms with van der Waals surface area (Å²) in [4.78, 5) is 0. The zero-order chi connectivity index (χ0) is 12.4. The van der Waals surface area contributed by atoms with E-state index in [0.717, 1.165) is 0 Å². The minimum absolute atomic E-state index is 0.0462. The molecule has 17 heavy (non-hydrogen) atoms. The number of anilines is 1. The predicted molar refractivity (Wildman–Crippen MR) is 57.4 cm³/mol. The highest BCUT2D eigenvalue weighted by Crippen LogP contribution is 2.30. The van der Waals surface area contributed by atoms with E-state index in [1.165, 1.54) is 18.2 Å². The molecule has 0 atom stereocenters. The standard InChI is InChI=1S/C11H10F2N2O2/c1-2-16-7-4-3-6(10(12)11(7)13)8-5-9(14)15-17-8/h3-5H,2H2,1H3,(H2,14,15). The van der Waals surface area contributed by atoms with Gasteiger partial charge in [-0.2, -0.15) is 4.39 Å². The van der Waals surface area contributed by atoms with Gasteiger partial charge in [0.15, 0.2) is 23.1 Å². The van der Waals surface area contributed by atoms with E-state index in [0.29, 0.717) is 0 Å².